The molecule has 1 heterocycles. The second-order valence-electron chi connectivity index (χ2n) is 7.85. The Morgan fingerprint density at radius 2 is 1.77 bits per heavy atom. The SMILES string of the molecule is Cc1ccc(C)c(S(=O)(=O)Nc2ccccc2C(=O)NC2CCCN(S(C)(=O)=O)C2)c1. The smallest absolute Gasteiger partial charge is 0.262 e. The van der Waals surface area contributed by atoms with E-state index in [1.54, 1.807) is 31.2 Å². The summed E-state index contributed by atoms with van der Waals surface area (Å²) in [4.78, 5) is 13.1. The normalized spacial score (nSPS) is 17.8. The Balaban J connectivity index is 1.82. The Morgan fingerprint density at radius 3 is 2.48 bits per heavy atom. The molecule has 1 aliphatic heterocycles. The lowest BCUT2D eigenvalue weighted by atomic mass is 10.1. The second-order valence-corrected chi connectivity index (χ2v) is 11.5. The molecular weight excluding hydrogens is 438 g/mol. The van der Waals surface area contributed by atoms with E-state index < -0.39 is 26.0 Å². The van der Waals surface area contributed by atoms with Crippen LogP contribution in [0.2, 0.25) is 0 Å². The highest BCUT2D eigenvalue weighted by atomic mass is 32.2. The molecule has 3 rings (SSSR count). The molecule has 1 saturated heterocycles. The zero-order valence-electron chi connectivity index (χ0n) is 17.8. The fraction of sp³-hybridized carbons (Fsp3) is 0.381. The van der Waals surface area contributed by atoms with Gasteiger partial charge in [-0.05, 0) is 56.0 Å². The number of piperidine rings is 1. The first-order chi connectivity index (χ1) is 14.5. The van der Waals surface area contributed by atoms with Crippen LogP contribution in [0.1, 0.15) is 34.3 Å². The maximum Gasteiger partial charge on any atom is 0.262 e. The highest BCUT2D eigenvalue weighted by molar-refractivity contribution is 7.92. The number of rotatable bonds is 6. The first kappa shape index (κ1) is 23.2. The van der Waals surface area contributed by atoms with Gasteiger partial charge in [-0.3, -0.25) is 9.52 Å². The van der Waals surface area contributed by atoms with E-state index in [-0.39, 0.29) is 28.7 Å². The first-order valence-corrected chi connectivity index (χ1v) is 13.3. The Kier molecular flexibility index (Phi) is 6.73. The molecule has 2 N–H and O–H groups in total. The number of sulfonamides is 2. The fourth-order valence-corrected chi connectivity index (χ4v) is 5.91. The monoisotopic (exact) mass is 465 g/mol. The summed E-state index contributed by atoms with van der Waals surface area (Å²) in [5.41, 5.74) is 1.75. The molecule has 0 radical (unpaired) electrons. The molecular formula is C21H27N3O5S2. The highest BCUT2D eigenvalue weighted by Gasteiger charge is 2.28. The molecule has 1 aliphatic rings. The zero-order valence-corrected chi connectivity index (χ0v) is 19.4. The van der Waals surface area contributed by atoms with Gasteiger partial charge in [0.2, 0.25) is 10.0 Å². The van der Waals surface area contributed by atoms with Crippen molar-refractivity contribution < 1.29 is 21.6 Å². The standard InChI is InChI=1S/C21H27N3O5S2/c1-15-10-11-16(2)20(13-15)31(28,29)23-19-9-5-4-8-18(19)21(25)22-17-7-6-12-24(14-17)30(3,26)27/h4-5,8-11,13,17,23H,6-7,12,14H2,1-3H3,(H,22,25). The van der Waals surface area contributed by atoms with Gasteiger partial charge in [0, 0.05) is 19.1 Å². The highest BCUT2D eigenvalue weighted by Crippen LogP contribution is 2.23. The lowest BCUT2D eigenvalue weighted by Crippen LogP contribution is -2.49. The van der Waals surface area contributed by atoms with Gasteiger partial charge >= 0.3 is 0 Å². The quantitative estimate of drug-likeness (QED) is 0.680. The van der Waals surface area contributed by atoms with Crippen molar-refractivity contribution >= 4 is 31.6 Å². The van der Waals surface area contributed by atoms with E-state index in [1.807, 2.05) is 13.0 Å². The minimum absolute atomic E-state index is 0.152. The summed E-state index contributed by atoms with van der Waals surface area (Å²) in [6.07, 6.45) is 2.43. The Hall–Kier alpha value is -2.43. The van der Waals surface area contributed by atoms with Crippen molar-refractivity contribution in [3.05, 3.63) is 59.2 Å². The van der Waals surface area contributed by atoms with Gasteiger partial charge in [0.15, 0.2) is 0 Å². The van der Waals surface area contributed by atoms with E-state index in [2.05, 4.69) is 10.0 Å². The van der Waals surface area contributed by atoms with Gasteiger partial charge in [-0.25, -0.2) is 21.1 Å². The van der Waals surface area contributed by atoms with E-state index >= 15 is 0 Å². The minimum atomic E-state index is -3.90. The number of carbonyl (C=O) groups excluding carboxylic acids is 1. The van der Waals surface area contributed by atoms with Gasteiger partial charge in [-0.15, -0.1) is 0 Å². The number of benzene rings is 2. The van der Waals surface area contributed by atoms with Crippen LogP contribution >= 0.6 is 0 Å². The van der Waals surface area contributed by atoms with Gasteiger partial charge < -0.3 is 5.32 Å². The van der Waals surface area contributed by atoms with Crippen LogP contribution < -0.4 is 10.0 Å². The number of para-hydroxylation sites is 1. The average Bonchev–Trinajstić information content (AvgIpc) is 2.69. The van der Waals surface area contributed by atoms with Crippen molar-refractivity contribution in [2.45, 2.75) is 37.6 Å². The van der Waals surface area contributed by atoms with Gasteiger partial charge in [0.05, 0.1) is 22.4 Å². The molecule has 31 heavy (non-hydrogen) atoms. The number of anilines is 1. The van der Waals surface area contributed by atoms with E-state index in [1.165, 1.54) is 16.4 Å². The van der Waals surface area contributed by atoms with Crippen molar-refractivity contribution in [3.63, 3.8) is 0 Å². The number of nitrogens with zero attached hydrogens (tertiary/aromatic N) is 1. The Morgan fingerprint density at radius 1 is 1.06 bits per heavy atom. The Labute approximate surface area is 183 Å². The topological polar surface area (TPSA) is 113 Å². The molecule has 168 valence electrons. The molecule has 10 heteroatoms. The summed E-state index contributed by atoms with van der Waals surface area (Å²) >= 11 is 0. The molecule has 0 aromatic heterocycles. The number of nitrogens with one attached hydrogen (secondary N) is 2. The number of carbonyl (C=O) groups is 1. The van der Waals surface area contributed by atoms with Crippen molar-refractivity contribution in [2.24, 2.45) is 0 Å². The zero-order chi connectivity index (χ0) is 22.8. The van der Waals surface area contributed by atoms with Crippen LogP contribution in [0.25, 0.3) is 0 Å². The molecule has 0 aliphatic carbocycles. The summed E-state index contributed by atoms with van der Waals surface area (Å²) in [5.74, 6) is -0.459. The summed E-state index contributed by atoms with van der Waals surface area (Å²) in [5, 5.41) is 2.84. The van der Waals surface area contributed by atoms with Gasteiger partial charge in [-0.1, -0.05) is 24.3 Å². The molecule has 2 aromatic carbocycles. The number of hydrogen-bond acceptors (Lipinski definition) is 5. The van der Waals surface area contributed by atoms with Crippen LogP contribution in [0, 0.1) is 13.8 Å². The predicted octanol–water partition coefficient (Wildman–Crippen LogP) is 2.26. The molecule has 0 saturated carbocycles. The van der Waals surface area contributed by atoms with Crippen molar-refractivity contribution in [3.8, 4) is 0 Å². The van der Waals surface area contributed by atoms with Crippen molar-refractivity contribution in [1.29, 1.82) is 0 Å². The van der Waals surface area contributed by atoms with Gasteiger partial charge in [0.1, 0.15) is 0 Å². The molecule has 0 bridgehead atoms. The molecule has 2 aromatic rings. The predicted molar refractivity (Wildman–Crippen MR) is 120 cm³/mol. The minimum Gasteiger partial charge on any atom is -0.348 e. The maximum atomic E-state index is 13.0. The molecule has 1 atom stereocenters. The molecule has 0 spiro atoms. The third-order valence-corrected chi connectivity index (χ3v) is 8.01. The Bertz CT molecular complexity index is 1190. The van der Waals surface area contributed by atoms with Crippen LogP contribution in [0.4, 0.5) is 5.69 Å². The summed E-state index contributed by atoms with van der Waals surface area (Å²) in [6.45, 7) is 4.14. The second kappa shape index (κ2) is 8.97. The van der Waals surface area contributed by atoms with Crippen molar-refractivity contribution in [2.75, 3.05) is 24.1 Å². The third kappa shape index (κ3) is 5.63. The molecule has 1 fully saturated rings. The van der Waals surface area contributed by atoms with Gasteiger partial charge in [-0.2, -0.15) is 0 Å². The summed E-state index contributed by atoms with van der Waals surface area (Å²) < 4.78 is 53.5. The van der Waals surface area contributed by atoms with Crippen LogP contribution in [0.5, 0.6) is 0 Å². The van der Waals surface area contributed by atoms with Crippen molar-refractivity contribution in [1.82, 2.24) is 9.62 Å². The lowest BCUT2D eigenvalue weighted by molar-refractivity contribution is 0.0922. The number of amides is 1. The van der Waals surface area contributed by atoms with E-state index in [4.69, 9.17) is 0 Å². The van der Waals surface area contributed by atoms with E-state index in [0.29, 0.717) is 24.9 Å². The van der Waals surface area contributed by atoms with E-state index in [9.17, 15) is 21.6 Å². The van der Waals surface area contributed by atoms with Crippen LogP contribution in [-0.2, 0) is 20.0 Å². The third-order valence-electron chi connectivity index (χ3n) is 5.24. The van der Waals surface area contributed by atoms with E-state index in [0.717, 1.165) is 11.8 Å². The number of hydrogen-bond donors (Lipinski definition) is 2. The summed E-state index contributed by atoms with van der Waals surface area (Å²) in [7, 11) is -7.24. The lowest BCUT2D eigenvalue weighted by Gasteiger charge is -2.31. The fourth-order valence-electron chi connectivity index (χ4n) is 3.59. The maximum absolute atomic E-state index is 13.0. The average molecular weight is 466 g/mol. The number of aryl methyl sites for hydroxylation is 2. The van der Waals surface area contributed by atoms with Crippen LogP contribution in [0.15, 0.2) is 47.4 Å². The molecule has 8 nitrogen and oxygen atoms in total. The molecule has 1 amide bonds. The van der Waals surface area contributed by atoms with Crippen LogP contribution in [-0.4, -0.2) is 52.4 Å². The first-order valence-electron chi connectivity index (χ1n) is 9.92. The summed E-state index contributed by atoms with van der Waals surface area (Å²) in [6, 6.07) is 11.2. The van der Waals surface area contributed by atoms with Crippen LogP contribution in [0.3, 0.4) is 0 Å². The molecule has 1 unspecified atom stereocenters. The van der Waals surface area contributed by atoms with Gasteiger partial charge in [0.25, 0.3) is 15.9 Å². The largest absolute Gasteiger partial charge is 0.348 e.